The largest absolute Gasteiger partial charge is 0.374 e. The predicted octanol–water partition coefficient (Wildman–Crippen LogP) is 3.01. The van der Waals surface area contributed by atoms with Gasteiger partial charge < -0.3 is 4.74 Å². The van der Waals surface area contributed by atoms with E-state index in [1.165, 1.54) is 12.8 Å². The third-order valence-electron chi connectivity index (χ3n) is 2.68. The average molecular weight is 168 g/mol. The van der Waals surface area contributed by atoms with Crippen molar-refractivity contribution < 1.29 is 4.74 Å². The van der Waals surface area contributed by atoms with E-state index in [1.54, 1.807) is 0 Å². The van der Waals surface area contributed by atoms with Crippen molar-refractivity contribution in [3.05, 3.63) is 12.7 Å². The topological polar surface area (TPSA) is 9.23 Å². The van der Waals surface area contributed by atoms with Crippen molar-refractivity contribution in [1.29, 1.82) is 0 Å². The van der Waals surface area contributed by atoms with Crippen LogP contribution < -0.4 is 0 Å². The molecule has 1 fully saturated rings. The Morgan fingerprint density at radius 1 is 1.42 bits per heavy atom. The molecule has 1 nitrogen and oxygen atoms in total. The molecule has 0 aromatic heterocycles. The molecule has 0 aliphatic carbocycles. The van der Waals surface area contributed by atoms with Gasteiger partial charge in [-0.25, -0.2) is 0 Å². The van der Waals surface area contributed by atoms with Crippen molar-refractivity contribution in [1.82, 2.24) is 0 Å². The van der Waals surface area contributed by atoms with Gasteiger partial charge in [0.15, 0.2) is 0 Å². The molecular weight excluding hydrogens is 148 g/mol. The molecule has 1 heteroatoms. The van der Waals surface area contributed by atoms with E-state index in [1.807, 2.05) is 0 Å². The molecule has 1 heterocycles. The van der Waals surface area contributed by atoms with Crippen molar-refractivity contribution in [2.24, 2.45) is 11.8 Å². The Balaban J connectivity index is 2.57. The number of hydrogen-bond donors (Lipinski definition) is 0. The summed E-state index contributed by atoms with van der Waals surface area (Å²) in [6.07, 6.45) is 5.31. The molecule has 0 amide bonds. The number of hydrogen-bond acceptors (Lipinski definition) is 1. The van der Waals surface area contributed by atoms with Crippen molar-refractivity contribution in [3.63, 3.8) is 0 Å². The van der Waals surface area contributed by atoms with Crippen LogP contribution in [0.25, 0.3) is 0 Å². The van der Waals surface area contributed by atoms with Gasteiger partial charge in [-0.05, 0) is 25.7 Å². The third-order valence-corrected chi connectivity index (χ3v) is 2.68. The lowest BCUT2D eigenvalue weighted by molar-refractivity contribution is -0.0838. The molecule has 0 unspecified atom stereocenters. The van der Waals surface area contributed by atoms with Crippen LogP contribution in [0.1, 0.15) is 33.6 Å². The summed E-state index contributed by atoms with van der Waals surface area (Å²) in [7, 11) is 0. The first kappa shape index (κ1) is 9.79. The van der Waals surface area contributed by atoms with Crippen molar-refractivity contribution in [3.8, 4) is 0 Å². The molecular formula is C11H20O. The van der Waals surface area contributed by atoms with E-state index in [0.717, 1.165) is 0 Å². The Morgan fingerprint density at radius 2 is 2.08 bits per heavy atom. The highest BCUT2D eigenvalue weighted by atomic mass is 16.5. The Bertz CT molecular complexity index is 151. The summed E-state index contributed by atoms with van der Waals surface area (Å²) in [5.74, 6) is 1.18. The van der Waals surface area contributed by atoms with Crippen LogP contribution in [0.2, 0.25) is 0 Å². The average Bonchev–Trinajstić information content (AvgIpc) is 2.04. The van der Waals surface area contributed by atoms with Gasteiger partial charge in [0, 0.05) is 5.92 Å². The second-order valence-corrected chi connectivity index (χ2v) is 4.13. The molecule has 3 atom stereocenters. The monoisotopic (exact) mass is 168 g/mol. The smallest absolute Gasteiger partial charge is 0.0664 e. The first-order valence-electron chi connectivity index (χ1n) is 4.93. The van der Waals surface area contributed by atoms with Gasteiger partial charge in [0.2, 0.25) is 0 Å². The minimum absolute atomic E-state index is 0.395. The summed E-state index contributed by atoms with van der Waals surface area (Å²) in [5.41, 5.74) is 0. The van der Waals surface area contributed by atoms with Gasteiger partial charge in [0.25, 0.3) is 0 Å². The standard InChI is InChI=1S/C11H20O/c1-5-10-7-6-9(4)12-11(10)8(2)3/h5,8-11H,1,6-7H2,2-4H3/t9-,10-,11+/m0/s1. The van der Waals surface area contributed by atoms with E-state index in [0.29, 0.717) is 24.0 Å². The predicted molar refractivity (Wildman–Crippen MR) is 52.1 cm³/mol. The molecule has 70 valence electrons. The molecule has 1 saturated heterocycles. The fourth-order valence-corrected chi connectivity index (χ4v) is 1.93. The molecule has 0 N–H and O–H groups in total. The van der Waals surface area contributed by atoms with Crippen LogP contribution in [0, 0.1) is 11.8 Å². The van der Waals surface area contributed by atoms with Crippen molar-refractivity contribution in [2.45, 2.75) is 45.8 Å². The molecule has 12 heavy (non-hydrogen) atoms. The van der Waals surface area contributed by atoms with E-state index in [4.69, 9.17) is 4.74 Å². The van der Waals surface area contributed by atoms with Gasteiger partial charge in [0.05, 0.1) is 12.2 Å². The van der Waals surface area contributed by atoms with Gasteiger partial charge in [-0.3, -0.25) is 0 Å². The summed E-state index contributed by atoms with van der Waals surface area (Å²) >= 11 is 0. The molecule has 0 bridgehead atoms. The van der Waals surface area contributed by atoms with Crippen LogP contribution in [0.5, 0.6) is 0 Å². The lowest BCUT2D eigenvalue weighted by Gasteiger charge is -2.36. The molecule has 1 aliphatic rings. The van der Waals surface area contributed by atoms with Gasteiger partial charge >= 0.3 is 0 Å². The maximum atomic E-state index is 5.88. The van der Waals surface area contributed by atoms with Crippen molar-refractivity contribution >= 4 is 0 Å². The molecule has 0 radical (unpaired) electrons. The molecule has 0 aromatic rings. The Hall–Kier alpha value is -0.300. The van der Waals surface area contributed by atoms with E-state index in [-0.39, 0.29) is 0 Å². The maximum Gasteiger partial charge on any atom is 0.0664 e. The lowest BCUT2D eigenvalue weighted by Crippen LogP contribution is -2.36. The van der Waals surface area contributed by atoms with Crippen LogP contribution in [-0.2, 0) is 4.74 Å². The number of rotatable bonds is 2. The van der Waals surface area contributed by atoms with Crippen molar-refractivity contribution in [2.75, 3.05) is 0 Å². The highest BCUT2D eigenvalue weighted by molar-refractivity contribution is 4.90. The second-order valence-electron chi connectivity index (χ2n) is 4.13. The minimum atomic E-state index is 0.395. The summed E-state index contributed by atoms with van der Waals surface area (Å²) in [6, 6.07) is 0. The first-order valence-corrected chi connectivity index (χ1v) is 4.93. The first-order chi connectivity index (χ1) is 5.65. The van der Waals surface area contributed by atoms with Crippen LogP contribution >= 0.6 is 0 Å². The molecule has 1 aliphatic heterocycles. The molecule has 0 spiro atoms. The second kappa shape index (κ2) is 4.08. The quantitative estimate of drug-likeness (QED) is 0.576. The fraction of sp³-hybridized carbons (Fsp3) is 0.818. The van der Waals surface area contributed by atoms with Crippen LogP contribution in [0.15, 0.2) is 12.7 Å². The number of ether oxygens (including phenoxy) is 1. The van der Waals surface area contributed by atoms with E-state index >= 15 is 0 Å². The zero-order valence-corrected chi connectivity index (χ0v) is 8.42. The Morgan fingerprint density at radius 3 is 2.58 bits per heavy atom. The molecule has 1 rings (SSSR count). The van der Waals surface area contributed by atoms with Gasteiger partial charge in [-0.2, -0.15) is 0 Å². The highest BCUT2D eigenvalue weighted by Crippen LogP contribution is 2.29. The maximum absolute atomic E-state index is 5.88. The highest BCUT2D eigenvalue weighted by Gasteiger charge is 2.29. The zero-order valence-electron chi connectivity index (χ0n) is 8.42. The lowest BCUT2D eigenvalue weighted by atomic mass is 9.86. The molecule has 0 aromatic carbocycles. The fourth-order valence-electron chi connectivity index (χ4n) is 1.93. The van der Waals surface area contributed by atoms with E-state index in [9.17, 15) is 0 Å². The van der Waals surface area contributed by atoms with Gasteiger partial charge in [-0.15, -0.1) is 6.58 Å². The van der Waals surface area contributed by atoms with Crippen LogP contribution in [-0.4, -0.2) is 12.2 Å². The summed E-state index contributed by atoms with van der Waals surface area (Å²) in [4.78, 5) is 0. The zero-order chi connectivity index (χ0) is 9.14. The SMILES string of the molecule is C=C[C@H]1CC[C@H](C)O[C@@H]1C(C)C. The van der Waals surface area contributed by atoms with Crippen LogP contribution in [0.3, 0.4) is 0 Å². The summed E-state index contributed by atoms with van der Waals surface area (Å²) in [5, 5.41) is 0. The van der Waals surface area contributed by atoms with Gasteiger partial charge in [-0.1, -0.05) is 19.9 Å². The minimum Gasteiger partial charge on any atom is -0.374 e. The van der Waals surface area contributed by atoms with E-state index < -0.39 is 0 Å². The Kier molecular flexibility index (Phi) is 3.33. The normalized spacial score (nSPS) is 36.8. The van der Waals surface area contributed by atoms with Gasteiger partial charge in [0.1, 0.15) is 0 Å². The summed E-state index contributed by atoms with van der Waals surface area (Å²) < 4.78 is 5.88. The Labute approximate surface area is 75.8 Å². The molecule has 0 saturated carbocycles. The van der Waals surface area contributed by atoms with Crippen LogP contribution in [0.4, 0.5) is 0 Å². The summed E-state index contributed by atoms with van der Waals surface area (Å²) in [6.45, 7) is 10.5. The van der Waals surface area contributed by atoms with E-state index in [2.05, 4.69) is 33.4 Å². The third kappa shape index (κ3) is 2.10.